The molecule has 3 aromatic rings. The lowest BCUT2D eigenvalue weighted by Gasteiger charge is -2.20. The van der Waals surface area contributed by atoms with Crippen LogP contribution in [0.15, 0.2) is 54.7 Å². The molecule has 0 aliphatic rings. The van der Waals surface area contributed by atoms with Crippen LogP contribution >= 0.6 is 11.6 Å². The van der Waals surface area contributed by atoms with E-state index in [9.17, 15) is 4.79 Å². The number of pyridine rings is 1. The summed E-state index contributed by atoms with van der Waals surface area (Å²) in [6.45, 7) is 10.1. The van der Waals surface area contributed by atoms with Gasteiger partial charge in [-0.1, -0.05) is 37.6 Å². The van der Waals surface area contributed by atoms with Crippen LogP contribution in [0.4, 0.5) is 5.69 Å². The number of fused-ring (bicyclic) bond motifs is 1. The van der Waals surface area contributed by atoms with E-state index in [0.717, 1.165) is 41.1 Å². The lowest BCUT2D eigenvalue weighted by atomic mass is 10.1. The third kappa shape index (κ3) is 7.70. The number of para-hydroxylation sites is 1. The molecule has 0 unspecified atom stereocenters. The lowest BCUT2D eigenvalue weighted by Crippen LogP contribution is -2.25. The monoisotopic (exact) mass is 457 g/mol. The zero-order chi connectivity index (χ0) is 23.5. The Morgan fingerprint density at radius 3 is 2.50 bits per heavy atom. The largest absolute Gasteiger partial charge is 0.507 e. The van der Waals surface area contributed by atoms with E-state index in [1.54, 1.807) is 12.1 Å². The molecule has 0 saturated heterocycles. The minimum absolute atomic E-state index is 0.0671. The van der Waals surface area contributed by atoms with Crippen molar-refractivity contribution in [3.63, 3.8) is 0 Å². The van der Waals surface area contributed by atoms with Gasteiger partial charge in [0.2, 0.25) is 0 Å². The fraction of sp³-hybridized carbons (Fsp3) is 0.360. The second-order valence-corrected chi connectivity index (χ2v) is 7.99. The molecule has 1 aromatic heterocycles. The van der Waals surface area contributed by atoms with E-state index in [0.29, 0.717) is 6.04 Å². The SMILES string of the molecule is CCN(CC)CCC[C@H](C)Nc1ccnc2cc(Cl)ccc12.O=C(O)c1ccccc1O. The summed E-state index contributed by atoms with van der Waals surface area (Å²) in [4.78, 5) is 17.1. The number of aromatic hydroxyl groups is 1. The van der Waals surface area contributed by atoms with Crippen LogP contribution in [0, 0.1) is 0 Å². The molecule has 7 heteroatoms. The summed E-state index contributed by atoms with van der Waals surface area (Å²) in [6.07, 6.45) is 4.21. The fourth-order valence-corrected chi connectivity index (χ4v) is 3.57. The van der Waals surface area contributed by atoms with Gasteiger partial charge < -0.3 is 20.4 Å². The maximum absolute atomic E-state index is 10.3. The second-order valence-electron chi connectivity index (χ2n) is 7.56. The molecule has 0 fully saturated rings. The highest BCUT2D eigenvalue weighted by Crippen LogP contribution is 2.25. The third-order valence-corrected chi connectivity index (χ3v) is 5.48. The minimum atomic E-state index is -1.11. The predicted molar refractivity (Wildman–Crippen MR) is 132 cm³/mol. The van der Waals surface area contributed by atoms with Gasteiger partial charge in [0.05, 0.1) is 5.52 Å². The van der Waals surface area contributed by atoms with Crippen molar-refractivity contribution in [3.8, 4) is 5.75 Å². The number of aromatic nitrogens is 1. The highest BCUT2D eigenvalue weighted by atomic mass is 35.5. The number of carboxylic acid groups (broad SMARTS) is 1. The average Bonchev–Trinajstić information content (AvgIpc) is 2.77. The molecule has 0 aliphatic carbocycles. The van der Waals surface area contributed by atoms with Crippen molar-refractivity contribution in [2.45, 2.75) is 39.7 Å². The highest BCUT2D eigenvalue weighted by Gasteiger charge is 2.08. The molecular weight excluding hydrogens is 426 g/mol. The van der Waals surface area contributed by atoms with Crippen molar-refractivity contribution < 1.29 is 15.0 Å². The van der Waals surface area contributed by atoms with Gasteiger partial charge in [-0.3, -0.25) is 4.98 Å². The lowest BCUT2D eigenvalue weighted by molar-refractivity contribution is 0.0693. The molecule has 1 atom stereocenters. The third-order valence-electron chi connectivity index (χ3n) is 5.25. The molecule has 0 spiro atoms. The van der Waals surface area contributed by atoms with E-state index in [4.69, 9.17) is 21.8 Å². The number of rotatable bonds is 9. The van der Waals surface area contributed by atoms with Crippen LogP contribution in [0.5, 0.6) is 5.75 Å². The maximum atomic E-state index is 10.3. The van der Waals surface area contributed by atoms with Gasteiger partial charge in [0.1, 0.15) is 11.3 Å². The van der Waals surface area contributed by atoms with Crippen molar-refractivity contribution in [1.29, 1.82) is 0 Å². The van der Waals surface area contributed by atoms with E-state index in [2.05, 4.69) is 36.0 Å². The Kier molecular flexibility index (Phi) is 10.2. The first-order valence-corrected chi connectivity index (χ1v) is 11.3. The van der Waals surface area contributed by atoms with Crippen LogP contribution in [-0.2, 0) is 0 Å². The number of nitrogens with zero attached hydrogens (tertiary/aromatic N) is 2. The van der Waals surface area contributed by atoms with E-state index in [-0.39, 0.29) is 11.3 Å². The molecule has 6 nitrogen and oxygen atoms in total. The average molecular weight is 458 g/mol. The molecule has 32 heavy (non-hydrogen) atoms. The summed E-state index contributed by atoms with van der Waals surface area (Å²) in [5.74, 6) is -1.31. The summed E-state index contributed by atoms with van der Waals surface area (Å²) < 4.78 is 0. The molecule has 0 aliphatic heterocycles. The number of aromatic carboxylic acids is 1. The maximum Gasteiger partial charge on any atom is 0.339 e. The van der Waals surface area contributed by atoms with E-state index in [1.807, 2.05) is 30.5 Å². The number of nitrogens with one attached hydrogen (secondary N) is 1. The number of hydrogen-bond donors (Lipinski definition) is 3. The first-order chi connectivity index (χ1) is 15.3. The van der Waals surface area contributed by atoms with Gasteiger partial charge in [-0.2, -0.15) is 0 Å². The first-order valence-electron chi connectivity index (χ1n) is 10.9. The zero-order valence-electron chi connectivity index (χ0n) is 18.9. The van der Waals surface area contributed by atoms with Crippen LogP contribution in [0.25, 0.3) is 10.9 Å². The van der Waals surface area contributed by atoms with Crippen LogP contribution in [0.3, 0.4) is 0 Å². The molecule has 1 heterocycles. The molecule has 172 valence electrons. The molecular formula is C25H32ClN3O3. The van der Waals surface area contributed by atoms with Crippen LogP contribution < -0.4 is 5.32 Å². The molecule has 2 aromatic carbocycles. The zero-order valence-corrected chi connectivity index (χ0v) is 19.6. The van der Waals surface area contributed by atoms with Gasteiger partial charge >= 0.3 is 5.97 Å². The summed E-state index contributed by atoms with van der Waals surface area (Å²) in [5, 5.41) is 22.8. The molecule has 0 radical (unpaired) electrons. The van der Waals surface area contributed by atoms with E-state index < -0.39 is 5.97 Å². The Morgan fingerprint density at radius 2 is 1.88 bits per heavy atom. The van der Waals surface area contributed by atoms with E-state index >= 15 is 0 Å². The smallest absolute Gasteiger partial charge is 0.339 e. The van der Waals surface area contributed by atoms with Crippen molar-refractivity contribution in [2.75, 3.05) is 25.0 Å². The van der Waals surface area contributed by atoms with Gasteiger partial charge in [0.15, 0.2) is 0 Å². The van der Waals surface area contributed by atoms with Gasteiger partial charge in [0, 0.05) is 28.3 Å². The summed E-state index contributed by atoms with van der Waals surface area (Å²) >= 11 is 6.04. The molecule has 3 rings (SSSR count). The van der Waals surface area contributed by atoms with Crippen LogP contribution in [0.2, 0.25) is 5.02 Å². The van der Waals surface area contributed by atoms with Crippen LogP contribution in [0.1, 0.15) is 44.0 Å². The molecule has 0 bridgehead atoms. The Balaban J connectivity index is 0.000000303. The Hall–Kier alpha value is -2.83. The normalized spacial score (nSPS) is 11.7. The second kappa shape index (κ2) is 12.9. The van der Waals surface area contributed by atoms with E-state index in [1.165, 1.54) is 25.1 Å². The van der Waals surface area contributed by atoms with Gasteiger partial charge in [-0.05, 0) is 75.8 Å². The Bertz CT molecular complexity index is 1010. The number of carbonyl (C=O) groups is 1. The number of hydrogen-bond acceptors (Lipinski definition) is 5. The highest BCUT2D eigenvalue weighted by molar-refractivity contribution is 6.31. The molecule has 3 N–H and O–H groups in total. The summed E-state index contributed by atoms with van der Waals surface area (Å²) in [7, 11) is 0. The quantitative estimate of drug-likeness (QED) is 0.371. The minimum Gasteiger partial charge on any atom is -0.507 e. The Labute approximate surface area is 194 Å². The predicted octanol–water partition coefficient (Wildman–Crippen LogP) is 5.90. The molecule has 0 saturated carbocycles. The number of carboxylic acids is 1. The van der Waals surface area contributed by atoms with Crippen molar-refractivity contribution in [2.24, 2.45) is 0 Å². The van der Waals surface area contributed by atoms with Crippen molar-refractivity contribution in [3.05, 3.63) is 65.3 Å². The van der Waals surface area contributed by atoms with Gasteiger partial charge in [-0.15, -0.1) is 0 Å². The number of halogens is 1. The Morgan fingerprint density at radius 1 is 1.16 bits per heavy atom. The van der Waals surface area contributed by atoms with Crippen LogP contribution in [-0.4, -0.2) is 51.7 Å². The van der Waals surface area contributed by atoms with Gasteiger partial charge in [0.25, 0.3) is 0 Å². The number of phenols is 1. The topological polar surface area (TPSA) is 85.7 Å². The standard InChI is InChI=1S/C18H26ClN3.C7H6O3/c1-4-22(5-2)12-6-7-14(3)21-17-10-11-20-18-13-15(19)8-9-16(17)18;8-6-4-2-1-3-5(6)7(9)10/h8-11,13-14H,4-7,12H2,1-3H3,(H,20,21);1-4,8H,(H,9,10)/t14-;/m0./s1. The number of benzene rings is 2. The first kappa shape index (κ1) is 25.4. The van der Waals surface area contributed by atoms with Crippen molar-refractivity contribution >= 4 is 34.2 Å². The summed E-state index contributed by atoms with van der Waals surface area (Å²) in [5.41, 5.74) is 2.01. The molecule has 0 amide bonds. The number of anilines is 1. The van der Waals surface area contributed by atoms with Crippen molar-refractivity contribution in [1.82, 2.24) is 9.88 Å². The van der Waals surface area contributed by atoms with Gasteiger partial charge in [-0.25, -0.2) is 4.79 Å². The fourth-order valence-electron chi connectivity index (χ4n) is 3.40. The summed E-state index contributed by atoms with van der Waals surface area (Å²) in [6, 6.07) is 14.2.